The molecule has 0 saturated carbocycles. The van der Waals surface area contributed by atoms with Crippen molar-refractivity contribution in [1.82, 2.24) is 0 Å². The fraction of sp³-hybridized carbons (Fsp3) is 0. The van der Waals surface area contributed by atoms with Crippen LogP contribution in [0.15, 0.2) is 54.6 Å². The van der Waals surface area contributed by atoms with Crippen LogP contribution in [0.2, 0.25) is 0 Å². The van der Waals surface area contributed by atoms with Crippen molar-refractivity contribution in [1.29, 1.82) is 0 Å². The molecule has 0 fully saturated rings. The van der Waals surface area contributed by atoms with Crippen molar-refractivity contribution in [3.8, 4) is 16.9 Å². The molecule has 3 N–H and O–H groups in total. The Morgan fingerprint density at radius 1 is 1.00 bits per heavy atom. The SMILES string of the molecule is Nc1c(O)ccc([N+](=O)[O-])c1-c1ccc2ccccc2c1. The number of nitrogen functional groups attached to an aromatic ring is 1. The number of phenols is 1. The summed E-state index contributed by atoms with van der Waals surface area (Å²) in [6, 6.07) is 15.7. The van der Waals surface area contributed by atoms with Gasteiger partial charge in [-0.2, -0.15) is 0 Å². The van der Waals surface area contributed by atoms with Crippen molar-refractivity contribution in [3.05, 3.63) is 64.7 Å². The topological polar surface area (TPSA) is 89.4 Å². The normalized spacial score (nSPS) is 10.7. The molecule has 3 rings (SSSR count). The maximum Gasteiger partial charge on any atom is 0.279 e. The number of nitrogens with two attached hydrogens (primary N) is 1. The largest absolute Gasteiger partial charge is 0.506 e. The van der Waals surface area contributed by atoms with Gasteiger partial charge in [0, 0.05) is 6.07 Å². The lowest BCUT2D eigenvalue weighted by molar-refractivity contribution is -0.384. The second kappa shape index (κ2) is 4.79. The Balaban J connectivity index is 2.31. The van der Waals surface area contributed by atoms with Crippen LogP contribution in [0.3, 0.4) is 0 Å². The number of nitro groups is 1. The highest BCUT2D eigenvalue weighted by Crippen LogP contribution is 2.40. The third kappa shape index (κ3) is 2.14. The Kier molecular flexibility index (Phi) is 2.95. The lowest BCUT2D eigenvalue weighted by Crippen LogP contribution is -1.97. The van der Waals surface area contributed by atoms with Crippen molar-refractivity contribution in [3.63, 3.8) is 0 Å². The summed E-state index contributed by atoms with van der Waals surface area (Å²) in [4.78, 5) is 10.7. The van der Waals surface area contributed by atoms with Crippen molar-refractivity contribution in [2.24, 2.45) is 0 Å². The molecule has 0 aliphatic carbocycles. The van der Waals surface area contributed by atoms with Gasteiger partial charge in [-0.3, -0.25) is 10.1 Å². The first kappa shape index (κ1) is 12.9. The monoisotopic (exact) mass is 280 g/mol. The first-order valence-corrected chi connectivity index (χ1v) is 6.33. The molecule has 3 aromatic rings. The fourth-order valence-electron chi connectivity index (χ4n) is 2.40. The van der Waals surface area contributed by atoms with E-state index in [1.54, 1.807) is 6.07 Å². The molecule has 5 nitrogen and oxygen atoms in total. The van der Waals surface area contributed by atoms with Gasteiger partial charge in [-0.1, -0.05) is 36.4 Å². The summed E-state index contributed by atoms with van der Waals surface area (Å²) < 4.78 is 0. The van der Waals surface area contributed by atoms with Crippen molar-refractivity contribution in [2.45, 2.75) is 0 Å². The van der Waals surface area contributed by atoms with Crippen LogP contribution >= 0.6 is 0 Å². The van der Waals surface area contributed by atoms with Gasteiger partial charge in [-0.25, -0.2) is 0 Å². The first-order valence-electron chi connectivity index (χ1n) is 6.33. The second-order valence-corrected chi connectivity index (χ2v) is 4.71. The highest BCUT2D eigenvalue weighted by Gasteiger charge is 2.20. The molecule has 0 bridgehead atoms. The molecule has 0 unspecified atom stereocenters. The maximum atomic E-state index is 11.2. The highest BCUT2D eigenvalue weighted by atomic mass is 16.6. The van der Waals surface area contributed by atoms with Gasteiger partial charge in [-0.15, -0.1) is 0 Å². The number of hydrogen-bond acceptors (Lipinski definition) is 4. The number of nitro benzene ring substituents is 1. The molecule has 5 heteroatoms. The number of rotatable bonds is 2. The van der Waals surface area contributed by atoms with E-state index in [1.165, 1.54) is 12.1 Å². The Hall–Kier alpha value is -3.08. The summed E-state index contributed by atoms with van der Waals surface area (Å²) in [5.74, 6) is -0.163. The quantitative estimate of drug-likeness (QED) is 0.324. The lowest BCUT2D eigenvalue weighted by atomic mass is 9.98. The third-order valence-electron chi connectivity index (χ3n) is 3.44. The predicted molar refractivity (Wildman–Crippen MR) is 82.1 cm³/mol. The first-order chi connectivity index (χ1) is 10.1. The zero-order valence-electron chi connectivity index (χ0n) is 11.0. The summed E-state index contributed by atoms with van der Waals surface area (Å²) in [6.45, 7) is 0. The average molecular weight is 280 g/mol. The number of nitrogens with zero attached hydrogens (tertiary/aromatic N) is 1. The summed E-state index contributed by atoms with van der Waals surface area (Å²) in [5.41, 5.74) is 6.58. The van der Waals surface area contributed by atoms with Gasteiger partial charge in [0.25, 0.3) is 5.69 Å². The minimum absolute atomic E-state index is 0.0134. The molecule has 3 aromatic carbocycles. The van der Waals surface area contributed by atoms with Crippen molar-refractivity contribution in [2.75, 3.05) is 5.73 Å². The standard InChI is InChI=1S/C16H12N2O3/c17-16-14(19)8-7-13(18(20)21)15(16)12-6-5-10-3-1-2-4-11(10)9-12/h1-9,19H,17H2. The molecule has 0 radical (unpaired) electrons. The van der Waals surface area contributed by atoms with Gasteiger partial charge in [0.15, 0.2) is 0 Å². The molecule has 0 saturated heterocycles. The van der Waals surface area contributed by atoms with E-state index in [9.17, 15) is 15.2 Å². The minimum atomic E-state index is -0.500. The van der Waals surface area contributed by atoms with Crippen molar-refractivity contribution >= 4 is 22.1 Å². The molecule has 0 spiro atoms. The van der Waals surface area contributed by atoms with Crippen LogP contribution in [0.25, 0.3) is 21.9 Å². The van der Waals surface area contributed by atoms with Gasteiger partial charge >= 0.3 is 0 Å². The zero-order chi connectivity index (χ0) is 15.0. The molecular weight excluding hydrogens is 268 g/mol. The molecule has 0 atom stereocenters. The summed E-state index contributed by atoms with van der Waals surface area (Å²) in [7, 11) is 0. The number of phenolic OH excluding ortho intramolecular Hbond substituents is 1. The van der Waals surface area contributed by atoms with E-state index in [0.717, 1.165) is 10.8 Å². The highest BCUT2D eigenvalue weighted by molar-refractivity contribution is 5.93. The van der Waals surface area contributed by atoms with E-state index < -0.39 is 4.92 Å². The fourth-order valence-corrected chi connectivity index (χ4v) is 2.40. The molecule has 0 amide bonds. The number of anilines is 1. The second-order valence-electron chi connectivity index (χ2n) is 4.71. The van der Waals surface area contributed by atoms with Crippen LogP contribution < -0.4 is 5.73 Å². The van der Waals surface area contributed by atoms with Crippen LogP contribution in [0, 0.1) is 10.1 Å². The van der Waals surface area contributed by atoms with Crippen LogP contribution in [0.4, 0.5) is 11.4 Å². The predicted octanol–water partition coefficient (Wildman–Crippen LogP) is 3.70. The molecule has 21 heavy (non-hydrogen) atoms. The van der Waals surface area contributed by atoms with E-state index >= 15 is 0 Å². The number of aromatic hydroxyl groups is 1. The number of hydrogen-bond donors (Lipinski definition) is 2. The summed E-state index contributed by atoms with van der Waals surface area (Å²) >= 11 is 0. The number of benzene rings is 3. The van der Waals surface area contributed by atoms with Crippen LogP contribution in [-0.4, -0.2) is 10.0 Å². The van der Waals surface area contributed by atoms with E-state index in [1.807, 2.05) is 36.4 Å². The Bertz CT molecular complexity index is 859. The van der Waals surface area contributed by atoms with Crippen LogP contribution in [-0.2, 0) is 0 Å². The summed E-state index contributed by atoms with van der Waals surface area (Å²) in [6.07, 6.45) is 0. The smallest absolute Gasteiger partial charge is 0.279 e. The molecule has 104 valence electrons. The number of fused-ring (bicyclic) bond motifs is 1. The van der Waals surface area contributed by atoms with Crippen LogP contribution in [0.5, 0.6) is 5.75 Å². The molecule has 0 aromatic heterocycles. The van der Waals surface area contributed by atoms with Gasteiger partial charge in [0.1, 0.15) is 5.75 Å². The molecule has 0 aliphatic rings. The zero-order valence-corrected chi connectivity index (χ0v) is 11.0. The van der Waals surface area contributed by atoms with Crippen LogP contribution in [0.1, 0.15) is 0 Å². The Morgan fingerprint density at radius 3 is 2.43 bits per heavy atom. The van der Waals surface area contributed by atoms with E-state index in [-0.39, 0.29) is 22.7 Å². The van der Waals surface area contributed by atoms with Crippen molar-refractivity contribution < 1.29 is 10.0 Å². The molecule has 0 aliphatic heterocycles. The Labute approximate surface area is 120 Å². The van der Waals surface area contributed by atoms with Gasteiger partial charge in [0.2, 0.25) is 0 Å². The summed E-state index contributed by atoms with van der Waals surface area (Å²) in [5, 5.41) is 22.9. The van der Waals surface area contributed by atoms with Gasteiger partial charge in [0.05, 0.1) is 16.2 Å². The molecule has 0 heterocycles. The lowest BCUT2D eigenvalue weighted by Gasteiger charge is -2.09. The average Bonchev–Trinajstić information content (AvgIpc) is 2.49. The van der Waals surface area contributed by atoms with E-state index in [0.29, 0.717) is 5.56 Å². The van der Waals surface area contributed by atoms with E-state index in [4.69, 9.17) is 5.73 Å². The van der Waals surface area contributed by atoms with E-state index in [2.05, 4.69) is 0 Å². The Morgan fingerprint density at radius 2 is 1.71 bits per heavy atom. The molecular formula is C16H12N2O3. The maximum absolute atomic E-state index is 11.2. The third-order valence-corrected chi connectivity index (χ3v) is 3.44. The minimum Gasteiger partial charge on any atom is -0.506 e. The van der Waals surface area contributed by atoms with Gasteiger partial charge < -0.3 is 10.8 Å². The van der Waals surface area contributed by atoms with Gasteiger partial charge in [-0.05, 0) is 28.5 Å².